The molecule has 0 amide bonds. The number of ether oxygens (including phenoxy) is 1. The second-order valence-corrected chi connectivity index (χ2v) is 2.92. The van der Waals surface area contributed by atoms with Crippen LogP contribution in [0.5, 0.6) is 11.5 Å². The van der Waals surface area contributed by atoms with E-state index >= 15 is 0 Å². The normalized spacial score (nSPS) is 10.8. The van der Waals surface area contributed by atoms with Crippen LogP contribution in [-0.2, 0) is 0 Å². The number of benzene rings is 1. The van der Waals surface area contributed by atoms with Gasteiger partial charge in [-0.25, -0.2) is 4.39 Å². The predicted molar refractivity (Wildman–Crippen MR) is 54.4 cm³/mol. The van der Waals surface area contributed by atoms with E-state index in [0.29, 0.717) is 11.3 Å². The van der Waals surface area contributed by atoms with Gasteiger partial charge in [-0.3, -0.25) is 0 Å². The van der Waals surface area contributed by atoms with E-state index in [0.717, 1.165) is 5.56 Å². The van der Waals surface area contributed by atoms with Gasteiger partial charge < -0.3 is 9.84 Å². The van der Waals surface area contributed by atoms with Crippen LogP contribution in [-0.4, -0.2) is 18.9 Å². The summed E-state index contributed by atoms with van der Waals surface area (Å²) >= 11 is 0. The zero-order valence-electron chi connectivity index (χ0n) is 8.25. The molecule has 0 saturated carbocycles. The molecule has 0 saturated heterocycles. The van der Waals surface area contributed by atoms with E-state index in [1.165, 1.54) is 13.2 Å². The summed E-state index contributed by atoms with van der Waals surface area (Å²) in [6, 6.07) is 3.32. The molecule has 1 rings (SSSR count). The Morgan fingerprint density at radius 2 is 2.21 bits per heavy atom. The second kappa shape index (κ2) is 4.65. The number of alkyl halides is 1. The second-order valence-electron chi connectivity index (χ2n) is 2.92. The maximum absolute atomic E-state index is 11.9. The van der Waals surface area contributed by atoms with E-state index in [2.05, 4.69) is 0 Å². The van der Waals surface area contributed by atoms with Crippen LogP contribution in [0.2, 0.25) is 0 Å². The van der Waals surface area contributed by atoms with Gasteiger partial charge in [-0.15, -0.1) is 0 Å². The van der Waals surface area contributed by atoms with Crippen molar-refractivity contribution in [1.29, 1.82) is 0 Å². The summed E-state index contributed by atoms with van der Waals surface area (Å²) < 4.78 is 16.9. The minimum atomic E-state index is -0.517. The quantitative estimate of drug-likeness (QED) is 0.805. The summed E-state index contributed by atoms with van der Waals surface area (Å²) in [5.74, 6) is 0.756. The molecule has 0 atom stereocenters. The van der Waals surface area contributed by atoms with Gasteiger partial charge in [-0.05, 0) is 24.6 Å². The van der Waals surface area contributed by atoms with Crippen molar-refractivity contribution in [3.8, 4) is 11.5 Å². The maximum atomic E-state index is 11.9. The van der Waals surface area contributed by atoms with E-state index < -0.39 is 6.67 Å². The highest BCUT2D eigenvalue weighted by molar-refractivity contribution is 5.58. The van der Waals surface area contributed by atoms with Crippen LogP contribution in [0, 0.1) is 6.92 Å². The lowest BCUT2D eigenvalue weighted by Crippen LogP contribution is -1.88. The first-order chi connectivity index (χ1) is 6.69. The highest BCUT2D eigenvalue weighted by Gasteiger charge is 2.04. The Hall–Kier alpha value is -1.51. The molecule has 0 aliphatic heterocycles. The lowest BCUT2D eigenvalue weighted by atomic mass is 10.1. The molecule has 0 aromatic heterocycles. The molecule has 76 valence electrons. The number of halogens is 1. The number of aromatic hydroxyl groups is 1. The van der Waals surface area contributed by atoms with E-state index in [-0.39, 0.29) is 5.75 Å². The molecule has 0 spiro atoms. The van der Waals surface area contributed by atoms with Crippen LogP contribution in [0.25, 0.3) is 6.08 Å². The van der Waals surface area contributed by atoms with Crippen LogP contribution < -0.4 is 4.74 Å². The van der Waals surface area contributed by atoms with E-state index in [9.17, 15) is 9.50 Å². The molecule has 0 radical (unpaired) electrons. The minimum absolute atomic E-state index is 0.155. The molecule has 0 heterocycles. The fourth-order valence-corrected chi connectivity index (χ4v) is 1.18. The molecule has 0 unspecified atom stereocenters. The molecule has 0 aliphatic rings. The summed E-state index contributed by atoms with van der Waals surface area (Å²) in [5.41, 5.74) is 1.41. The Labute approximate surface area is 82.6 Å². The first kappa shape index (κ1) is 10.6. The lowest BCUT2D eigenvalue weighted by molar-refractivity contribution is 0.402. The highest BCUT2D eigenvalue weighted by atomic mass is 19.1. The molecule has 0 fully saturated rings. The van der Waals surface area contributed by atoms with Gasteiger partial charge in [0, 0.05) is 5.56 Å². The number of phenolic OH excluding ortho intramolecular Hbond substituents is 1. The summed E-state index contributed by atoms with van der Waals surface area (Å²) in [6.45, 7) is 1.24. The molecule has 2 nitrogen and oxygen atoms in total. The Kier molecular flexibility index (Phi) is 3.51. The number of phenols is 1. The van der Waals surface area contributed by atoms with Crippen LogP contribution in [0.4, 0.5) is 4.39 Å². The lowest BCUT2D eigenvalue weighted by Gasteiger charge is -2.07. The zero-order valence-corrected chi connectivity index (χ0v) is 8.25. The van der Waals surface area contributed by atoms with Crippen LogP contribution in [0.3, 0.4) is 0 Å². The van der Waals surface area contributed by atoms with Gasteiger partial charge in [0.25, 0.3) is 0 Å². The Bertz CT molecular complexity index is 345. The molecule has 0 aliphatic carbocycles. The monoisotopic (exact) mass is 196 g/mol. The molecule has 0 bridgehead atoms. The maximum Gasteiger partial charge on any atom is 0.126 e. The van der Waals surface area contributed by atoms with Gasteiger partial charge in [-0.1, -0.05) is 12.2 Å². The van der Waals surface area contributed by atoms with Crippen molar-refractivity contribution in [2.24, 2.45) is 0 Å². The average molecular weight is 196 g/mol. The van der Waals surface area contributed by atoms with Crippen molar-refractivity contribution in [2.45, 2.75) is 6.92 Å². The third-order valence-electron chi connectivity index (χ3n) is 1.97. The van der Waals surface area contributed by atoms with E-state index in [1.807, 2.05) is 0 Å². The van der Waals surface area contributed by atoms with Crippen molar-refractivity contribution in [1.82, 2.24) is 0 Å². The van der Waals surface area contributed by atoms with Gasteiger partial charge in [0.05, 0.1) is 7.11 Å². The van der Waals surface area contributed by atoms with Crippen molar-refractivity contribution in [3.05, 3.63) is 29.3 Å². The van der Waals surface area contributed by atoms with Crippen molar-refractivity contribution < 1.29 is 14.2 Å². The minimum Gasteiger partial charge on any atom is -0.508 e. The Morgan fingerprint density at radius 1 is 1.50 bits per heavy atom. The van der Waals surface area contributed by atoms with Gasteiger partial charge in [0.15, 0.2) is 0 Å². The SMILES string of the molecule is COc1cc(/C=C/CF)cc(O)c1C. The van der Waals surface area contributed by atoms with Crippen molar-refractivity contribution in [2.75, 3.05) is 13.8 Å². The zero-order chi connectivity index (χ0) is 10.6. The Balaban J connectivity index is 3.09. The van der Waals surface area contributed by atoms with Gasteiger partial charge in [0.1, 0.15) is 18.2 Å². The summed E-state index contributed by atoms with van der Waals surface area (Å²) in [7, 11) is 1.53. The van der Waals surface area contributed by atoms with Gasteiger partial charge in [0.2, 0.25) is 0 Å². The molecular formula is C11H13FO2. The molecule has 1 N–H and O–H groups in total. The third-order valence-corrected chi connectivity index (χ3v) is 1.97. The molecule has 3 heteroatoms. The van der Waals surface area contributed by atoms with Crippen LogP contribution >= 0.6 is 0 Å². The first-order valence-electron chi connectivity index (χ1n) is 4.29. The molecular weight excluding hydrogens is 183 g/mol. The fraction of sp³-hybridized carbons (Fsp3) is 0.273. The number of hydrogen-bond acceptors (Lipinski definition) is 2. The number of hydrogen-bond donors (Lipinski definition) is 1. The average Bonchev–Trinajstić information content (AvgIpc) is 2.19. The third kappa shape index (κ3) is 2.25. The van der Waals surface area contributed by atoms with Gasteiger partial charge >= 0.3 is 0 Å². The molecule has 14 heavy (non-hydrogen) atoms. The smallest absolute Gasteiger partial charge is 0.126 e. The molecule has 1 aromatic carbocycles. The number of rotatable bonds is 3. The molecule has 1 aromatic rings. The standard InChI is InChI=1S/C11H13FO2/c1-8-10(13)6-9(4-3-5-12)7-11(8)14-2/h3-4,6-7,13H,5H2,1-2H3/b4-3+. The number of methoxy groups -OCH3 is 1. The largest absolute Gasteiger partial charge is 0.508 e. The Morgan fingerprint density at radius 3 is 2.79 bits per heavy atom. The fourth-order valence-electron chi connectivity index (χ4n) is 1.18. The van der Waals surface area contributed by atoms with Crippen molar-refractivity contribution in [3.63, 3.8) is 0 Å². The summed E-state index contributed by atoms with van der Waals surface area (Å²) in [4.78, 5) is 0. The first-order valence-corrected chi connectivity index (χ1v) is 4.29. The summed E-state index contributed by atoms with van der Waals surface area (Å²) in [6.07, 6.45) is 2.98. The topological polar surface area (TPSA) is 29.5 Å². The van der Waals surface area contributed by atoms with Crippen LogP contribution in [0.1, 0.15) is 11.1 Å². The van der Waals surface area contributed by atoms with Crippen LogP contribution in [0.15, 0.2) is 18.2 Å². The highest BCUT2D eigenvalue weighted by Crippen LogP contribution is 2.28. The van der Waals surface area contributed by atoms with E-state index in [4.69, 9.17) is 4.74 Å². The van der Waals surface area contributed by atoms with E-state index in [1.54, 1.807) is 25.1 Å². The van der Waals surface area contributed by atoms with Gasteiger partial charge in [-0.2, -0.15) is 0 Å². The number of allylic oxidation sites excluding steroid dienone is 1. The predicted octanol–water partition coefficient (Wildman–Crippen LogP) is 2.69. The summed E-state index contributed by atoms with van der Waals surface area (Å²) in [5, 5.41) is 9.50. The van der Waals surface area contributed by atoms with Crippen molar-refractivity contribution >= 4 is 6.08 Å².